The molecule has 1 aliphatic heterocycles. The van der Waals surface area contributed by atoms with Crippen molar-refractivity contribution < 1.29 is 9.59 Å². The van der Waals surface area contributed by atoms with E-state index in [4.69, 9.17) is 0 Å². The van der Waals surface area contributed by atoms with Gasteiger partial charge in [-0.3, -0.25) is 19.1 Å². The van der Waals surface area contributed by atoms with E-state index in [0.717, 1.165) is 66.8 Å². The number of imidazole rings is 1. The van der Waals surface area contributed by atoms with Gasteiger partial charge < -0.3 is 10.2 Å². The summed E-state index contributed by atoms with van der Waals surface area (Å²) in [6, 6.07) is 14.4. The summed E-state index contributed by atoms with van der Waals surface area (Å²) >= 11 is 0.869. The molecule has 0 atom stereocenters. The maximum Gasteiger partial charge on any atom is 0.257 e. The molecule has 3 aromatic rings. The third-order valence-electron chi connectivity index (χ3n) is 5.69. The number of amides is 1. The van der Waals surface area contributed by atoms with Crippen LogP contribution in [0.5, 0.6) is 0 Å². The normalized spacial score (nSPS) is 15.8. The van der Waals surface area contributed by atoms with Crippen LogP contribution in [0.2, 0.25) is 0 Å². The number of benzene rings is 2. The van der Waals surface area contributed by atoms with Crippen LogP contribution in [0.4, 0.5) is 0 Å². The molecule has 1 aliphatic rings. The zero-order valence-corrected chi connectivity index (χ0v) is 19.1. The lowest BCUT2D eigenvalue weighted by atomic mass is 10.1. The summed E-state index contributed by atoms with van der Waals surface area (Å²) in [6.07, 6.45) is 3.55. The molecule has 8 heteroatoms. The van der Waals surface area contributed by atoms with Gasteiger partial charge in [-0.2, -0.15) is 0 Å². The average molecular weight is 450 g/mol. The first-order valence-corrected chi connectivity index (χ1v) is 11.5. The summed E-state index contributed by atoms with van der Waals surface area (Å²) in [4.78, 5) is 32.7. The summed E-state index contributed by atoms with van der Waals surface area (Å²) in [6.45, 7) is 5.29. The average Bonchev–Trinajstić information content (AvgIpc) is 3.23. The number of hydrogen-bond donors (Lipinski definition) is 1. The zero-order chi connectivity index (χ0) is 22.5. The summed E-state index contributed by atoms with van der Waals surface area (Å²) in [5.74, 6) is -0.285. The molecule has 2 aromatic carbocycles. The van der Waals surface area contributed by atoms with Crippen LogP contribution in [0, 0.1) is 0 Å². The highest BCUT2D eigenvalue weighted by atomic mass is 32.2. The molecule has 4 rings (SSSR count). The molecule has 0 aliphatic carbocycles. The lowest BCUT2D eigenvalue weighted by Gasteiger charge is -2.32. The number of rotatable bonds is 7. The molecular formula is C24H27N5O2S. The molecule has 7 nitrogen and oxygen atoms in total. The van der Waals surface area contributed by atoms with Crippen LogP contribution in [0.3, 0.4) is 0 Å². The first-order chi connectivity index (χ1) is 15.6. The minimum Gasteiger partial charge on any atom is -0.355 e. The minimum atomic E-state index is -0.285. The van der Waals surface area contributed by atoms with E-state index in [0.29, 0.717) is 10.5 Å². The smallest absolute Gasteiger partial charge is 0.257 e. The molecule has 1 fully saturated rings. The molecule has 1 N–H and O–H groups in total. The van der Waals surface area contributed by atoms with Crippen LogP contribution < -0.4 is 5.32 Å². The SMILES string of the molecule is CNC(=O)/C(=C/c1ccc2ncn(-c3cccc(CN4CCN(C)CC4)c3)c2c1)SC=O. The van der Waals surface area contributed by atoms with Gasteiger partial charge in [0.05, 0.1) is 15.9 Å². The fourth-order valence-corrected chi connectivity index (χ4v) is 4.39. The Kier molecular flexibility index (Phi) is 7.04. The lowest BCUT2D eigenvalue weighted by Crippen LogP contribution is -2.43. The van der Waals surface area contributed by atoms with Crippen molar-refractivity contribution in [2.75, 3.05) is 40.3 Å². The highest BCUT2D eigenvalue weighted by Gasteiger charge is 2.14. The van der Waals surface area contributed by atoms with Crippen LogP contribution in [-0.2, 0) is 16.1 Å². The van der Waals surface area contributed by atoms with Crippen molar-refractivity contribution in [1.29, 1.82) is 0 Å². The Morgan fingerprint density at radius 3 is 2.72 bits per heavy atom. The molecule has 1 aromatic heterocycles. The number of thioether (sulfide) groups is 1. The monoisotopic (exact) mass is 449 g/mol. The summed E-state index contributed by atoms with van der Waals surface area (Å²) < 4.78 is 2.06. The summed E-state index contributed by atoms with van der Waals surface area (Å²) in [7, 11) is 3.72. The van der Waals surface area contributed by atoms with E-state index in [1.807, 2.05) is 24.5 Å². The number of aromatic nitrogens is 2. The second-order valence-electron chi connectivity index (χ2n) is 7.91. The molecule has 1 amide bonds. The van der Waals surface area contributed by atoms with Crippen molar-refractivity contribution in [2.45, 2.75) is 6.54 Å². The molecule has 32 heavy (non-hydrogen) atoms. The van der Waals surface area contributed by atoms with Gasteiger partial charge in [-0.25, -0.2) is 4.98 Å². The number of carbonyl (C=O) groups is 2. The van der Waals surface area contributed by atoms with Crippen molar-refractivity contribution in [3.63, 3.8) is 0 Å². The number of nitrogens with zero attached hydrogens (tertiary/aromatic N) is 4. The van der Waals surface area contributed by atoms with E-state index >= 15 is 0 Å². The predicted molar refractivity (Wildman–Crippen MR) is 130 cm³/mol. The van der Waals surface area contributed by atoms with Gasteiger partial charge in [0.25, 0.3) is 5.91 Å². The van der Waals surface area contributed by atoms with E-state index in [-0.39, 0.29) is 5.91 Å². The Hall–Kier alpha value is -2.94. The molecule has 0 radical (unpaired) electrons. The number of fused-ring (bicyclic) bond motifs is 1. The van der Waals surface area contributed by atoms with Gasteiger partial charge in [0.15, 0.2) is 5.62 Å². The molecule has 0 saturated carbocycles. The maximum atomic E-state index is 12.0. The van der Waals surface area contributed by atoms with Crippen molar-refractivity contribution in [2.24, 2.45) is 0 Å². The van der Waals surface area contributed by atoms with E-state index in [1.54, 1.807) is 13.1 Å². The largest absolute Gasteiger partial charge is 0.355 e. The maximum absolute atomic E-state index is 12.0. The molecule has 166 valence electrons. The fraction of sp³-hybridized carbons (Fsp3) is 0.292. The van der Waals surface area contributed by atoms with Crippen LogP contribution in [0.25, 0.3) is 22.8 Å². The van der Waals surface area contributed by atoms with Gasteiger partial charge in [0.2, 0.25) is 0 Å². The van der Waals surface area contributed by atoms with Gasteiger partial charge in [-0.05, 0) is 60.3 Å². The van der Waals surface area contributed by atoms with E-state index in [2.05, 4.69) is 56.0 Å². The second-order valence-corrected chi connectivity index (χ2v) is 8.78. The zero-order valence-electron chi connectivity index (χ0n) is 18.3. The molecule has 2 heterocycles. The van der Waals surface area contributed by atoms with Crippen LogP contribution in [-0.4, -0.2) is 71.2 Å². The number of carbonyl (C=O) groups excluding carboxylic acids is 2. The van der Waals surface area contributed by atoms with Crippen molar-refractivity contribution in [1.82, 2.24) is 24.7 Å². The molecular weight excluding hydrogens is 422 g/mol. The van der Waals surface area contributed by atoms with Crippen molar-refractivity contribution in [3.8, 4) is 5.69 Å². The molecule has 0 spiro atoms. The Labute approximate surface area is 192 Å². The van der Waals surface area contributed by atoms with Gasteiger partial charge >= 0.3 is 0 Å². The van der Waals surface area contributed by atoms with E-state index in [9.17, 15) is 9.59 Å². The van der Waals surface area contributed by atoms with Gasteiger partial charge in [-0.15, -0.1) is 0 Å². The van der Waals surface area contributed by atoms with Gasteiger partial charge in [-0.1, -0.05) is 18.2 Å². The van der Waals surface area contributed by atoms with Crippen LogP contribution >= 0.6 is 11.8 Å². The van der Waals surface area contributed by atoms with Gasteiger partial charge in [0, 0.05) is 45.5 Å². The topological polar surface area (TPSA) is 70.5 Å². The number of likely N-dealkylation sites (N-methyl/N-ethyl adjacent to an activating group) is 2. The first-order valence-electron chi connectivity index (χ1n) is 10.6. The number of hydrogen-bond acceptors (Lipinski definition) is 6. The van der Waals surface area contributed by atoms with E-state index < -0.39 is 0 Å². The van der Waals surface area contributed by atoms with Gasteiger partial charge in [0.1, 0.15) is 6.33 Å². The Morgan fingerprint density at radius 2 is 1.97 bits per heavy atom. The fourth-order valence-electron chi connectivity index (χ4n) is 3.87. The van der Waals surface area contributed by atoms with Crippen LogP contribution in [0.15, 0.2) is 53.7 Å². The highest BCUT2D eigenvalue weighted by molar-refractivity contribution is 8.16. The first kappa shape index (κ1) is 22.3. The predicted octanol–water partition coefficient (Wildman–Crippen LogP) is 2.78. The summed E-state index contributed by atoms with van der Waals surface area (Å²) in [5.41, 5.74) is 5.64. The Balaban J connectivity index is 1.63. The van der Waals surface area contributed by atoms with Crippen molar-refractivity contribution >= 4 is 40.4 Å². The molecule has 0 bridgehead atoms. The third-order valence-corrected chi connectivity index (χ3v) is 6.34. The lowest BCUT2D eigenvalue weighted by molar-refractivity contribution is -0.116. The Morgan fingerprint density at radius 1 is 1.16 bits per heavy atom. The quantitative estimate of drug-likeness (QED) is 0.442. The number of piperazine rings is 1. The van der Waals surface area contributed by atoms with Crippen molar-refractivity contribution in [3.05, 3.63) is 64.8 Å². The third kappa shape index (κ3) is 5.09. The molecule has 1 saturated heterocycles. The highest BCUT2D eigenvalue weighted by Crippen LogP contribution is 2.24. The minimum absolute atomic E-state index is 0.285. The molecule has 0 unspecified atom stereocenters. The standard InChI is InChI=1S/C24H27N5O2S/c1-25-24(31)23(32-17-30)14-18-6-7-21-22(13-18)29(16-26-21)20-5-3-4-19(12-20)15-28-10-8-27(2)9-11-28/h3-7,12-14,16-17H,8-11,15H2,1-2H3,(H,25,31)/b23-14-. The van der Waals surface area contributed by atoms with E-state index in [1.165, 1.54) is 5.56 Å². The summed E-state index contributed by atoms with van der Waals surface area (Å²) in [5, 5.41) is 2.57. The number of nitrogens with one attached hydrogen (secondary N) is 1. The second kappa shape index (κ2) is 10.1. The van der Waals surface area contributed by atoms with Crippen LogP contribution in [0.1, 0.15) is 11.1 Å². The Bertz CT molecular complexity index is 1150.